The molecule has 11 heteroatoms. The number of nitrogens with one attached hydrogen (secondary N) is 3. The lowest BCUT2D eigenvalue weighted by atomic mass is 9.74. The number of carbonyl (C=O) groups is 3. The van der Waals surface area contributed by atoms with Crippen molar-refractivity contribution in [3.8, 4) is 0 Å². The lowest BCUT2D eigenvalue weighted by molar-refractivity contribution is -0.139. The van der Waals surface area contributed by atoms with E-state index in [2.05, 4.69) is 26.1 Å². The van der Waals surface area contributed by atoms with Gasteiger partial charge in [-0.3, -0.25) is 9.59 Å². The molecular weight excluding hydrogens is 441 g/mol. The van der Waals surface area contributed by atoms with Gasteiger partial charge in [-0.2, -0.15) is 5.10 Å². The summed E-state index contributed by atoms with van der Waals surface area (Å²) in [6.07, 6.45) is 1.03. The van der Waals surface area contributed by atoms with Crippen LogP contribution >= 0.6 is 11.6 Å². The number of piperidine rings is 1. The number of hydrogen-bond acceptors (Lipinski definition) is 6. The van der Waals surface area contributed by atoms with Gasteiger partial charge in [-0.05, 0) is 38.0 Å². The summed E-state index contributed by atoms with van der Waals surface area (Å²) in [5.41, 5.74) is 2.46. The molecule has 1 saturated heterocycles. The molecule has 4 rings (SSSR count). The Balaban J connectivity index is 1.55. The lowest BCUT2D eigenvalue weighted by Crippen LogP contribution is -2.64. The minimum Gasteiger partial charge on any atom is -0.434 e. The van der Waals surface area contributed by atoms with E-state index in [4.69, 9.17) is 16.3 Å². The van der Waals surface area contributed by atoms with Crippen LogP contribution in [-0.2, 0) is 14.3 Å². The van der Waals surface area contributed by atoms with Gasteiger partial charge >= 0.3 is 17.9 Å². The first kappa shape index (κ1) is 22.5. The number of hydrogen-bond donors (Lipinski definition) is 3. The molecule has 1 saturated carbocycles. The molecule has 2 fully saturated rings. The monoisotopic (exact) mass is 465 g/mol. The molecule has 2 bridgehead atoms. The summed E-state index contributed by atoms with van der Waals surface area (Å²) in [5, 5.41) is 9.50. The Morgan fingerprint density at radius 1 is 1.34 bits per heavy atom. The van der Waals surface area contributed by atoms with Crippen molar-refractivity contribution in [3.05, 3.63) is 34.6 Å². The molecular formula is C21H25ClFN5O4. The van der Waals surface area contributed by atoms with Crippen molar-refractivity contribution in [2.45, 2.75) is 31.4 Å². The molecule has 0 aromatic heterocycles. The van der Waals surface area contributed by atoms with Crippen LogP contribution in [0.25, 0.3) is 0 Å². The van der Waals surface area contributed by atoms with Crippen LogP contribution in [0.2, 0.25) is 5.02 Å². The van der Waals surface area contributed by atoms with E-state index in [0.29, 0.717) is 30.9 Å². The molecule has 1 aromatic carbocycles. The Labute approximate surface area is 189 Å². The summed E-state index contributed by atoms with van der Waals surface area (Å²) in [5.74, 6) is -1.92. The number of hydrazone groups is 1. The number of benzene rings is 1. The van der Waals surface area contributed by atoms with Gasteiger partial charge in [0.15, 0.2) is 5.60 Å². The van der Waals surface area contributed by atoms with Crippen LogP contribution in [0.3, 0.4) is 0 Å². The Morgan fingerprint density at radius 2 is 2.03 bits per heavy atom. The number of carbonyl (C=O) groups excluding carboxylic acids is 3. The maximum absolute atomic E-state index is 13.6. The zero-order chi connectivity index (χ0) is 23.0. The lowest BCUT2D eigenvalue weighted by Gasteiger charge is -2.48. The fourth-order valence-corrected chi connectivity index (χ4v) is 5.48. The van der Waals surface area contributed by atoms with Gasteiger partial charge in [-0.1, -0.05) is 11.6 Å². The van der Waals surface area contributed by atoms with Gasteiger partial charge in [0.1, 0.15) is 11.5 Å². The highest BCUT2D eigenvalue weighted by molar-refractivity contribution is 6.35. The van der Waals surface area contributed by atoms with Crippen molar-refractivity contribution in [1.82, 2.24) is 21.0 Å². The van der Waals surface area contributed by atoms with Crippen molar-refractivity contribution < 1.29 is 23.5 Å². The first-order chi connectivity index (χ1) is 15.2. The van der Waals surface area contributed by atoms with Gasteiger partial charge in [0.2, 0.25) is 0 Å². The molecule has 1 aromatic rings. The van der Waals surface area contributed by atoms with E-state index in [9.17, 15) is 18.8 Å². The quantitative estimate of drug-likeness (QED) is 0.579. The summed E-state index contributed by atoms with van der Waals surface area (Å²) in [7, 11) is 1.40. The third-order valence-electron chi connectivity index (χ3n) is 6.45. The SMILES string of the molecule is CNC(=O)C(=O)N[C@@H](C)CN1C[C@H]2CC[C@@H](C1)C21OC(=O)NN=C1c1ccc(F)cc1Cl. The highest BCUT2D eigenvalue weighted by Crippen LogP contribution is 2.51. The van der Waals surface area contributed by atoms with Gasteiger partial charge in [0.25, 0.3) is 0 Å². The second kappa shape index (κ2) is 8.67. The summed E-state index contributed by atoms with van der Waals surface area (Å²) in [6.45, 7) is 3.61. The summed E-state index contributed by atoms with van der Waals surface area (Å²) < 4.78 is 19.6. The zero-order valence-electron chi connectivity index (χ0n) is 17.8. The zero-order valence-corrected chi connectivity index (χ0v) is 18.5. The third-order valence-corrected chi connectivity index (χ3v) is 6.77. The van der Waals surface area contributed by atoms with E-state index >= 15 is 0 Å². The largest absolute Gasteiger partial charge is 0.434 e. The molecule has 3 amide bonds. The predicted octanol–water partition coefficient (Wildman–Crippen LogP) is 1.25. The van der Waals surface area contributed by atoms with Crippen LogP contribution in [-0.4, -0.2) is 66.8 Å². The van der Waals surface area contributed by atoms with Crippen LogP contribution in [0.4, 0.5) is 9.18 Å². The number of halogens is 2. The Hall–Kier alpha value is -2.72. The number of nitrogens with zero attached hydrogens (tertiary/aromatic N) is 2. The van der Waals surface area contributed by atoms with Gasteiger partial charge < -0.3 is 20.3 Å². The molecule has 4 atom stereocenters. The Morgan fingerprint density at radius 3 is 2.66 bits per heavy atom. The van der Waals surface area contributed by atoms with Crippen molar-refractivity contribution >= 4 is 35.2 Å². The van der Waals surface area contributed by atoms with E-state index in [0.717, 1.165) is 12.8 Å². The predicted molar refractivity (Wildman–Crippen MR) is 115 cm³/mol. The normalized spacial score (nSPS) is 27.9. The Kier molecular flexibility index (Phi) is 6.09. The van der Waals surface area contributed by atoms with Crippen molar-refractivity contribution in [1.29, 1.82) is 0 Å². The number of likely N-dealkylation sites (N-methyl/N-ethyl adjacent to an activating group) is 1. The van der Waals surface area contributed by atoms with Crippen LogP contribution in [0.1, 0.15) is 25.3 Å². The van der Waals surface area contributed by atoms with Crippen LogP contribution in [0.15, 0.2) is 23.3 Å². The topological polar surface area (TPSA) is 112 Å². The van der Waals surface area contributed by atoms with E-state index in [1.807, 2.05) is 6.92 Å². The second-order valence-corrected chi connectivity index (χ2v) is 8.93. The molecule has 1 spiro atoms. The third kappa shape index (κ3) is 3.93. The second-order valence-electron chi connectivity index (χ2n) is 8.52. The molecule has 9 nitrogen and oxygen atoms in total. The van der Waals surface area contributed by atoms with E-state index in [1.165, 1.54) is 19.2 Å². The molecule has 1 unspecified atom stereocenters. The van der Waals surface area contributed by atoms with Crippen LogP contribution < -0.4 is 16.1 Å². The molecule has 0 radical (unpaired) electrons. The van der Waals surface area contributed by atoms with Crippen molar-refractivity contribution in [2.24, 2.45) is 16.9 Å². The average molecular weight is 466 g/mol. The molecule has 32 heavy (non-hydrogen) atoms. The summed E-state index contributed by atoms with van der Waals surface area (Å²) in [6, 6.07) is 3.84. The van der Waals surface area contributed by atoms with Crippen molar-refractivity contribution in [2.75, 3.05) is 26.7 Å². The first-order valence-corrected chi connectivity index (χ1v) is 10.9. The summed E-state index contributed by atoms with van der Waals surface area (Å²) >= 11 is 6.33. The van der Waals surface area contributed by atoms with Gasteiger partial charge in [0, 0.05) is 50.1 Å². The highest BCUT2D eigenvalue weighted by atomic mass is 35.5. The van der Waals surface area contributed by atoms with Gasteiger partial charge in [-0.25, -0.2) is 14.6 Å². The molecule has 2 aliphatic heterocycles. The molecule has 1 aliphatic carbocycles. The molecule has 3 N–H and O–H groups in total. The van der Waals surface area contributed by atoms with Crippen molar-refractivity contribution in [3.63, 3.8) is 0 Å². The standard InChI is InChI=1S/C21H25ClFN5O4/c1-11(25-19(30)18(29)24-2)8-28-9-12-3-4-13(10-28)21(12)17(26-27-20(31)32-21)15-6-5-14(23)7-16(15)22/h5-7,11-13H,3-4,8-10H2,1-2H3,(H,24,29)(H,25,30)(H,27,31)/t11-,12-,13+,21?/m0/s1. The summed E-state index contributed by atoms with van der Waals surface area (Å²) in [4.78, 5) is 37.7. The maximum atomic E-state index is 13.6. The van der Waals surface area contributed by atoms with E-state index < -0.39 is 29.3 Å². The highest BCUT2D eigenvalue weighted by Gasteiger charge is 2.61. The fourth-order valence-electron chi connectivity index (χ4n) is 5.22. The van der Waals surface area contributed by atoms with Gasteiger partial charge in [0.05, 0.1) is 5.02 Å². The minimum atomic E-state index is -0.950. The number of rotatable bonds is 4. The maximum Gasteiger partial charge on any atom is 0.428 e. The fraction of sp³-hybridized carbons (Fsp3) is 0.524. The smallest absolute Gasteiger partial charge is 0.428 e. The molecule has 172 valence electrons. The molecule has 2 heterocycles. The van der Waals surface area contributed by atoms with E-state index in [-0.39, 0.29) is 22.9 Å². The van der Waals surface area contributed by atoms with Gasteiger partial charge in [-0.15, -0.1) is 0 Å². The average Bonchev–Trinajstić information content (AvgIpc) is 2.91. The number of amides is 3. The van der Waals surface area contributed by atoms with Crippen LogP contribution in [0, 0.1) is 17.7 Å². The van der Waals surface area contributed by atoms with Crippen LogP contribution in [0.5, 0.6) is 0 Å². The Bertz CT molecular complexity index is 973. The number of ether oxygens (including phenoxy) is 1. The number of likely N-dealkylation sites (tertiary alicyclic amines) is 1. The van der Waals surface area contributed by atoms with E-state index in [1.54, 1.807) is 6.07 Å². The minimum absolute atomic E-state index is 0.0472. The molecule has 3 aliphatic rings. The first-order valence-electron chi connectivity index (χ1n) is 10.5.